The number of aromatic nitrogens is 2. The van der Waals surface area contributed by atoms with E-state index in [2.05, 4.69) is 37.7 Å². The predicted octanol–water partition coefficient (Wildman–Crippen LogP) is 1.47. The second kappa shape index (κ2) is 5.15. The van der Waals surface area contributed by atoms with Crippen molar-refractivity contribution in [2.24, 2.45) is 0 Å². The van der Waals surface area contributed by atoms with Gasteiger partial charge in [-0.2, -0.15) is 5.26 Å². The number of nitriles is 1. The highest BCUT2D eigenvalue weighted by molar-refractivity contribution is 9.10. The average Bonchev–Trinajstić information content (AvgIpc) is 2.71. The van der Waals surface area contributed by atoms with Crippen molar-refractivity contribution in [2.75, 3.05) is 24.1 Å². The zero-order valence-electron chi connectivity index (χ0n) is 10.6. The maximum atomic E-state index is 9.28. The van der Waals surface area contributed by atoms with E-state index >= 15 is 0 Å². The van der Waals surface area contributed by atoms with E-state index in [4.69, 9.17) is 5.73 Å². The summed E-state index contributed by atoms with van der Waals surface area (Å²) < 4.78 is 2.45. The van der Waals surface area contributed by atoms with Crippen LogP contribution >= 0.6 is 15.9 Å². The van der Waals surface area contributed by atoms with Crippen LogP contribution in [-0.2, 0) is 0 Å². The van der Waals surface area contributed by atoms with Gasteiger partial charge in [0, 0.05) is 17.6 Å². The Morgan fingerprint density at radius 3 is 2.80 bits per heavy atom. The topological polar surface area (TPSA) is 91.7 Å². The van der Waals surface area contributed by atoms with Crippen LogP contribution in [0, 0.1) is 11.3 Å². The number of anilines is 2. The van der Waals surface area contributed by atoms with Crippen LogP contribution in [-0.4, -0.2) is 28.9 Å². The summed E-state index contributed by atoms with van der Waals surface area (Å²) >= 11 is 3.47. The number of rotatable bonds is 3. The number of benzene rings is 1. The van der Waals surface area contributed by atoms with Crippen molar-refractivity contribution in [3.63, 3.8) is 0 Å². The molecule has 2 aromatic rings. The molecular weight excluding hydrogens is 320 g/mol. The lowest BCUT2D eigenvalue weighted by Gasteiger charge is -2.27. The lowest BCUT2D eigenvalue weighted by atomic mass is 10.2. The largest absolute Gasteiger partial charge is 0.382 e. The molecule has 0 saturated carbocycles. The van der Waals surface area contributed by atoms with Crippen molar-refractivity contribution in [3.05, 3.63) is 34.3 Å². The summed E-state index contributed by atoms with van der Waals surface area (Å²) in [4.78, 5) is 0. The lowest BCUT2D eigenvalue weighted by molar-refractivity contribution is 0.470. The molecule has 1 saturated heterocycles. The second-order valence-corrected chi connectivity index (χ2v) is 5.44. The van der Waals surface area contributed by atoms with Gasteiger partial charge < -0.3 is 16.4 Å². The van der Waals surface area contributed by atoms with Crippen molar-refractivity contribution in [1.29, 1.82) is 5.26 Å². The third-order valence-corrected chi connectivity index (χ3v) is 3.91. The first-order chi connectivity index (χ1) is 9.70. The molecule has 0 bridgehead atoms. The third-order valence-electron chi connectivity index (χ3n) is 3.24. The molecule has 0 radical (unpaired) electrons. The summed E-state index contributed by atoms with van der Waals surface area (Å²) in [6, 6.07) is 10.0. The van der Waals surface area contributed by atoms with E-state index in [9.17, 15) is 5.26 Å². The zero-order chi connectivity index (χ0) is 14.1. The highest BCUT2D eigenvalue weighted by atomic mass is 79.9. The Hall–Kier alpha value is -2.04. The molecule has 6 nitrogen and oxygen atoms in total. The summed E-state index contributed by atoms with van der Waals surface area (Å²) in [6.45, 7) is 1.74. The highest BCUT2D eigenvalue weighted by Crippen LogP contribution is 2.28. The Kier molecular flexibility index (Phi) is 3.34. The van der Waals surface area contributed by atoms with Crippen LogP contribution in [0.15, 0.2) is 28.7 Å². The first-order valence-electron chi connectivity index (χ1n) is 6.21. The fourth-order valence-corrected chi connectivity index (χ4v) is 2.49. The SMILES string of the molecule is N#Cc1c(NC2CNC2)nn(-c2ccccc2Br)c1N. The smallest absolute Gasteiger partial charge is 0.169 e. The van der Waals surface area contributed by atoms with E-state index < -0.39 is 0 Å². The molecule has 0 unspecified atom stereocenters. The molecule has 0 spiro atoms. The van der Waals surface area contributed by atoms with Gasteiger partial charge in [0.1, 0.15) is 17.5 Å². The molecule has 2 heterocycles. The van der Waals surface area contributed by atoms with Crippen LogP contribution in [0.3, 0.4) is 0 Å². The van der Waals surface area contributed by atoms with Gasteiger partial charge in [-0.05, 0) is 28.1 Å². The second-order valence-electron chi connectivity index (χ2n) is 4.58. The fraction of sp³-hybridized carbons (Fsp3) is 0.231. The van der Waals surface area contributed by atoms with Gasteiger partial charge in [0.2, 0.25) is 0 Å². The van der Waals surface area contributed by atoms with Gasteiger partial charge in [-0.15, -0.1) is 5.10 Å². The van der Waals surface area contributed by atoms with E-state index in [1.54, 1.807) is 4.68 Å². The molecule has 1 aliphatic rings. The van der Waals surface area contributed by atoms with Crippen molar-refractivity contribution in [2.45, 2.75) is 6.04 Å². The van der Waals surface area contributed by atoms with Gasteiger partial charge in [-0.3, -0.25) is 0 Å². The van der Waals surface area contributed by atoms with Crippen LogP contribution in [0.5, 0.6) is 0 Å². The zero-order valence-corrected chi connectivity index (χ0v) is 12.2. The highest BCUT2D eigenvalue weighted by Gasteiger charge is 2.23. The molecule has 7 heteroatoms. The number of para-hydroxylation sites is 1. The molecule has 102 valence electrons. The van der Waals surface area contributed by atoms with Gasteiger partial charge in [0.05, 0.1) is 11.7 Å². The lowest BCUT2D eigenvalue weighted by Crippen LogP contribution is -2.51. The number of nitrogens with zero attached hydrogens (tertiary/aromatic N) is 3. The van der Waals surface area contributed by atoms with E-state index in [0.717, 1.165) is 23.2 Å². The van der Waals surface area contributed by atoms with Crippen LogP contribution in [0.4, 0.5) is 11.6 Å². The molecule has 0 atom stereocenters. The number of nitrogens with one attached hydrogen (secondary N) is 2. The van der Waals surface area contributed by atoms with Crippen molar-refractivity contribution in [1.82, 2.24) is 15.1 Å². The normalized spacial score (nSPS) is 14.6. The first kappa shape index (κ1) is 13.0. The Labute approximate surface area is 124 Å². The van der Waals surface area contributed by atoms with Crippen molar-refractivity contribution >= 4 is 27.6 Å². The first-order valence-corrected chi connectivity index (χ1v) is 7.00. The summed E-state index contributed by atoms with van der Waals surface area (Å²) in [5.41, 5.74) is 7.24. The number of halogens is 1. The molecule has 1 aliphatic heterocycles. The fourth-order valence-electron chi connectivity index (χ4n) is 2.03. The standard InChI is InChI=1S/C13H13BrN6/c14-10-3-1-2-4-11(10)20-12(16)9(5-15)13(19-20)18-8-6-17-7-8/h1-4,8,17H,6-7,16H2,(H,18,19). The maximum Gasteiger partial charge on any atom is 0.169 e. The molecular formula is C13H13BrN6. The minimum atomic E-state index is 0.295. The Balaban J connectivity index is 2.04. The maximum absolute atomic E-state index is 9.28. The number of hydrogen-bond acceptors (Lipinski definition) is 5. The molecule has 1 aromatic carbocycles. The molecule has 0 aliphatic carbocycles. The summed E-state index contributed by atoms with van der Waals surface area (Å²) in [5, 5.41) is 20.1. The van der Waals surface area contributed by atoms with Gasteiger partial charge >= 0.3 is 0 Å². The quantitative estimate of drug-likeness (QED) is 0.791. The summed E-state index contributed by atoms with van der Waals surface area (Å²) in [5.74, 6) is 0.876. The van der Waals surface area contributed by atoms with E-state index in [0.29, 0.717) is 23.2 Å². The van der Waals surface area contributed by atoms with E-state index in [1.807, 2.05) is 24.3 Å². The molecule has 3 rings (SSSR count). The number of hydrogen-bond donors (Lipinski definition) is 3. The van der Waals surface area contributed by atoms with Crippen molar-refractivity contribution in [3.8, 4) is 11.8 Å². The predicted molar refractivity (Wildman–Crippen MR) is 80.7 cm³/mol. The summed E-state index contributed by atoms with van der Waals surface area (Å²) in [7, 11) is 0. The van der Waals surface area contributed by atoms with Gasteiger partial charge in [-0.1, -0.05) is 12.1 Å². The minimum absolute atomic E-state index is 0.295. The van der Waals surface area contributed by atoms with E-state index in [-0.39, 0.29) is 0 Å². The van der Waals surface area contributed by atoms with Crippen LogP contribution in [0.2, 0.25) is 0 Å². The van der Waals surface area contributed by atoms with Crippen LogP contribution in [0.1, 0.15) is 5.56 Å². The molecule has 4 N–H and O–H groups in total. The molecule has 1 aromatic heterocycles. The monoisotopic (exact) mass is 332 g/mol. The third kappa shape index (κ3) is 2.13. The minimum Gasteiger partial charge on any atom is -0.382 e. The van der Waals surface area contributed by atoms with Gasteiger partial charge in [0.15, 0.2) is 5.82 Å². The Bertz CT molecular complexity index is 683. The van der Waals surface area contributed by atoms with Gasteiger partial charge in [0.25, 0.3) is 0 Å². The Morgan fingerprint density at radius 2 is 2.20 bits per heavy atom. The van der Waals surface area contributed by atoms with Crippen LogP contribution < -0.4 is 16.4 Å². The molecule has 20 heavy (non-hydrogen) atoms. The average molecular weight is 333 g/mol. The molecule has 1 fully saturated rings. The Morgan fingerprint density at radius 1 is 1.45 bits per heavy atom. The van der Waals surface area contributed by atoms with E-state index in [1.165, 1.54) is 0 Å². The van der Waals surface area contributed by atoms with Crippen molar-refractivity contribution < 1.29 is 0 Å². The van der Waals surface area contributed by atoms with Gasteiger partial charge in [-0.25, -0.2) is 4.68 Å². The van der Waals surface area contributed by atoms with Crippen LogP contribution in [0.25, 0.3) is 5.69 Å². The summed E-state index contributed by atoms with van der Waals surface area (Å²) in [6.07, 6.45) is 0. The number of nitrogens with two attached hydrogens (primary N) is 1. The molecule has 0 amide bonds. The number of nitrogen functional groups attached to an aromatic ring is 1.